The summed E-state index contributed by atoms with van der Waals surface area (Å²) in [6.45, 7) is 3.11. The van der Waals surface area contributed by atoms with Crippen molar-refractivity contribution in [3.05, 3.63) is 125 Å². The smallest absolute Gasteiger partial charge is 0.328 e. The van der Waals surface area contributed by atoms with Gasteiger partial charge in [0.1, 0.15) is 11.8 Å². The lowest BCUT2D eigenvalue weighted by molar-refractivity contribution is -0.141. The maximum absolute atomic E-state index is 13.2. The van der Waals surface area contributed by atoms with Gasteiger partial charge in [-0.15, -0.1) is 0 Å². The van der Waals surface area contributed by atoms with Gasteiger partial charge in [0.25, 0.3) is 0 Å². The van der Waals surface area contributed by atoms with E-state index in [9.17, 15) is 14.4 Å². The van der Waals surface area contributed by atoms with E-state index in [-0.39, 0.29) is 17.6 Å². The van der Waals surface area contributed by atoms with Gasteiger partial charge < -0.3 is 19.7 Å². The first-order chi connectivity index (χ1) is 21.9. The zero-order chi connectivity index (χ0) is 31.6. The molecule has 7 heteroatoms. The molecule has 232 valence electrons. The van der Waals surface area contributed by atoms with E-state index in [1.165, 1.54) is 12.7 Å². The monoisotopic (exact) mass is 604 g/mol. The minimum Gasteiger partial charge on any atom is -0.494 e. The normalized spacial score (nSPS) is 13.3. The van der Waals surface area contributed by atoms with Gasteiger partial charge in [-0.2, -0.15) is 0 Å². The van der Waals surface area contributed by atoms with Crippen molar-refractivity contribution >= 4 is 29.0 Å². The maximum atomic E-state index is 13.2. The minimum atomic E-state index is -0.701. The highest BCUT2D eigenvalue weighted by atomic mass is 16.5. The molecule has 0 saturated heterocycles. The second kappa shape index (κ2) is 15.2. The summed E-state index contributed by atoms with van der Waals surface area (Å²) in [5.41, 5.74) is 4.63. The molecule has 1 aliphatic rings. The van der Waals surface area contributed by atoms with Crippen molar-refractivity contribution in [2.24, 2.45) is 5.92 Å². The molecule has 7 nitrogen and oxygen atoms in total. The quantitative estimate of drug-likeness (QED) is 0.0946. The SMILES string of the molecule is COC(=O)[C@H](Cc1ccc(OCCCN(C(=O)C2CCC2)c2ccc(C)cc2)cc1)Nc1ccccc1C(=O)c1ccccc1. The number of methoxy groups -OCH3 is 1. The lowest BCUT2D eigenvalue weighted by atomic mass is 9.84. The van der Waals surface area contributed by atoms with E-state index in [1.807, 2.05) is 84.6 Å². The van der Waals surface area contributed by atoms with Crippen LogP contribution in [0.25, 0.3) is 0 Å². The van der Waals surface area contributed by atoms with Crippen LogP contribution in [-0.2, 0) is 20.7 Å². The van der Waals surface area contributed by atoms with Crippen LogP contribution in [0.3, 0.4) is 0 Å². The summed E-state index contributed by atoms with van der Waals surface area (Å²) in [7, 11) is 1.36. The van der Waals surface area contributed by atoms with Crippen LogP contribution >= 0.6 is 0 Å². The summed E-state index contributed by atoms with van der Waals surface area (Å²) in [6, 6.07) is 31.3. The number of aryl methyl sites for hydroxylation is 1. The number of para-hydroxylation sites is 1. The number of amides is 1. The summed E-state index contributed by atoms with van der Waals surface area (Å²) in [5, 5.41) is 3.25. The zero-order valence-corrected chi connectivity index (χ0v) is 25.9. The Morgan fingerprint density at radius 1 is 0.867 bits per heavy atom. The number of benzene rings is 4. The summed E-state index contributed by atoms with van der Waals surface area (Å²) >= 11 is 0. The molecule has 0 bridgehead atoms. The zero-order valence-electron chi connectivity index (χ0n) is 25.9. The van der Waals surface area contributed by atoms with Crippen LogP contribution in [0.15, 0.2) is 103 Å². The average molecular weight is 605 g/mol. The molecular weight excluding hydrogens is 564 g/mol. The Kier molecular flexibility index (Phi) is 10.6. The predicted octanol–water partition coefficient (Wildman–Crippen LogP) is 7.02. The highest BCUT2D eigenvalue weighted by Gasteiger charge is 2.30. The number of nitrogens with zero attached hydrogens (tertiary/aromatic N) is 1. The minimum absolute atomic E-state index is 0.126. The van der Waals surface area contributed by atoms with Crippen LogP contribution in [0.2, 0.25) is 0 Å². The summed E-state index contributed by atoms with van der Waals surface area (Å²) in [6.07, 6.45) is 4.11. The van der Waals surface area contributed by atoms with Crippen molar-refractivity contribution in [3.8, 4) is 5.75 Å². The van der Waals surface area contributed by atoms with Gasteiger partial charge >= 0.3 is 5.97 Å². The first-order valence-corrected chi connectivity index (χ1v) is 15.6. The molecule has 1 aliphatic carbocycles. The molecule has 0 aliphatic heterocycles. The van der Waals surface area contributed by atoms with Crippen LogP contribution in [0, 0.1) is 12.8 Å². The van der Waals surface area contributed by atoms with E-state index >= 15 is 0 Å². The third kappa shape index (κ3) is 8.18. The highest BCUT2D eigenvalue weighted by molar-refractivity contribution is 6.12. The van der Waals surface area contributed by atoms with Crippen molar-refractivity contribution in [2.45, 2.75) is 45.1 Å². The number of hydrogen-bond donors (Lipinski definition) is 1. The molecule has 45 heavy (non-hydrogen) atoms. The molecule has 0 radical (unpaired) electrons. The molecule has 0 aromatic heterocycles. The van der Waals surface area contributed by atoms with Crippen molar-refractivity contribution in [2.75, 3.05) is 30.5 Å². The largest absolute Gasteiger partial charge is 0.494 e. The molecule has 1 saturated carbocycles. The number of nitrogens with one attached hydrogen (secondary N) is 1. The Labute approximate surface area is 265 Å². The highest BCUT2D eigenvalue weighted by Crippen LogP contribution is 2.30. The van der Waals surface area contributed by atoms with E-state index in [4.69, 9.17) is 9.47 Å². The Morgan fingerprint density at radius 2 is 1.56 bits per heavy atom. The number of carbonyl (C=O) groups is 3. The Morgan fingerprint density at radius 3 is 2.22 bits per heavy atom. The third-order valence-corrected chi connectivity index (χ3v) is 8.25. The topological polar surface area (TPSA) is 84.9 Å². The van der Waals surface area contributed by atoms with Crippen molar-refractivity contribution in [1.29, 1.82) is 0 Å². The van der Waals surface area contributed by atoms with Crippen LogP contribution < -0.4 is 15.0 Å². The number of anilines is 2. The van der Waals surface area contributed by atoms with Crippen molar-refractivity contribution in [3.63, 3.8) is 0 Å². The number of carbonyl (C=O) groups excluding carboxylic acids is 3. The lowest BCUT2D eigenvalue weighted by Gasteiger charge is -2.32. The first kappa shape index (κ1) is 31.5. The Hall–Kier alpha value is -4.91. The van der Waals surface area contributed by atoms with Gasteiger partial charge in [-0.05, 0) is 68.1 Å². The molecule has 4 aromatic carbocycles. The fourth-order valence-electron chi connectivity index (χ4n) is 5.41. The summed E-state index contributed by atoms with van der Waals surface area (Å²) in [4.78, 5) is 41.0. The van der Waals surface area contributed by atoms with Gasteiger partial charge in [-0.3, -0.25) is 9.59 Å². The molecule has 0 unspecified atom stereocenters. The Bertz CT molecular complexity index is 1580. The van der Waals surface area contributed by atoms with Gasteiger partial charge in [0, 0.05) is 41.4 Å². The molecule has 1 fully saturated rings. The molecule has 0 heterocycles. The van der Waals surface area contributed by atoms with Gasteiger partial charge in [-0.1, -0.05) is 78.7 Å². The Balaban J connectivity index is 1.18. The molecule has 1 N–H and O–H groups in total. The molecule has 5 rings (SSSR count). The second-order valence-electron chi connectivity index (χ2n) is 11.5. The van der Waals surface area contributed by atoms with Crippen molar-refractivity contribution in [1.82, 2.24) is 0 Å². The molecular formula is C38H40N2O5. The number of ketones is 1. The van der Waals surface area contributed by atoms with E-state index in [1.54, 1.807) is 30.3 Å². The van der Waals surface area contributed by atoms with Gasteiger partial charge in [0.2, 0.25) is 5.91 Å². The number of rotatable bonds is 14. The number of ether oxygens (including phenoxy) is 2. The van der Waals surface area contributed by atoms with E-state index in [0.29, 0.717) is 48.6 Å². The number of hydrogen-bond acceptors (Lipinski definition) is 6. The van der Waals surface area contributed by atoms with Crippen molar-refractivity contribution < 1.29 is 23.9 Å². The van der Waals surface area contributed by atoms with E-state index < -0.39 is 12.0 Å². The maximum Gasteiger partial charge on any atom is 0.328 e. The fourth-order valence-corrected chi connectivity index (χ4v) is 5.41. The predicted molar refractivity (Wildman–Crippen MR) is 177 cm³/mol. The van der Waals surface area contributed by atoms with E-state index in [0.717, 1.165) is 30.5 Å². The standard InChI is InChI=1S/C38H40N2O5/c1-27-16-20-31(21-17-27)40(37(42)30-12-8-13-30)24-9-25-45-32-22-18-28(19-23-32)26-35(38(43)44-2)39-34-15-7-6-14-33(34)36(41)29-10-4-3-5-11-29/h3-7,10-11,14-23,30,35,39H,8-9,12-13,24-26H2,1-2H3/t35-/m0/s1. The van der Waals surface area contributed by atoms with Gasteiger partial charge in [0.05, 0.1) is 13.7 Å². The lowest BCUT2D eigenvalue weighted by Crippen LogP contribution is -2.40. The molecule has 1 amide bonds. The summed E-state index contributed by atoms with van der Waals surface area (Å²) < 4.78 is 11.1. The van der Waals surface area contributed by atoms with Crippen LogP contribution in [0.4, 0.5) is 11.4 Å². The second-order valence-corrected chi connectivity index (χ2v) is 11.5. The summed E-state index contributed by atoms with van der Waals surface area (Å²) in [5.74, 6) is 0.494. The van der Waals surface area contributed by atoms with E-state index in [2.05, 4.69) is 5.32 Å². The third-order valence-electron chi connectivity index (χ3n) is 8.25. The molecule has 0 spiro atoms. The van der Waals surface area contributed by atoms with Crippen LogP contribution in [0.1, 0.15) is 52.7 Å². The number of esters is 1. The van der Waals surface area contributed by atoms with Gasteiger partial charge in [0.15, 0.2) is 5.78 Å². The average Bonchev–Trinajstić information content (AvgIpc) is 3.05. The van der Waals surface area contributed by atoms with Crippen LogP contribution in [0.5, 0.6) is 5.75 Å². The molecule has 1 atom stereocenters. The van der Waals surface area contributed by atoms with Gasteiger partial charge in [-0.25, -0.2) is 4.79 Å². The molecule has 4 aromatic rings. The first-order valence-electron chi connectivity index (χ1n) is 15.6. The fraction of sp³-hybridized carbons (Fsp3) is 0.289. The van der Waals surface area contributed by atoms with Crippen LogP contribution in [-0.4, -0.2) is 44.0 Å².